The van der Waals surface area contributed by atoms with Crippen LogP contribution in [0.3, 0.4) is 0 Å². The fourth-order valence-electron chi connectivity index (χ4n) is 2.19. The molecule has 0 amide bonds. The third kappa shape index (κ3) is 4.10. The molecule has 1 aromatic carbocycles. The van der Waals surface area contributed by atoms with Crippen molar-refractivity contribution in [2.24, 2.45) is 4.99 Å². The zero-order chi connectivity index (χ0) is 16.1. The minimum absolute atomic E-state index is 0.188. The molecule has 22 heavy (non-hydrogen) atoms. The summed E-state index contributed by atoms with van der Waals surface area (Å²) in [6, 6.07) is 7.23. The number of guanidine groups is 1. The smallest absolute Gasteiger partial charge is 0.191 e. The van der Waals surface area contributed by atoms with Gasteiger partial charge in [-0.3, -0.25) is 4.99 Å². The Morgan fingerprint density at radius 3 is 2.45 bits per heavy atom. The van der Waals surface area contributed by atoms with E-state index in [2.05, 4.69) is 15.6 Å². The normalized spacial score (nSPS) is 11.6. The highest BCUT2D eigenvalue weighted by Gasteiger charge is 2.06. The average molecular weight is 303 g/mol. The van der Waals surface area contributed by atoms with E-state index in [-0.39, 0.29) is 5.82 Å². The Bertz CT molecular complexity index is 677. The Morgan fingerprint density at radius 1 is 1.14 bits per heavy atom. The summed E-state index contributed by atoms with van der Waals surface area (Å²) in [5, 5.41) is 6.39. The first-order chi connectivity index (χ1) is 10.5. The van der Waals surface area contributed by atoms with E-state index in [4.69, 9.17) is 4.42 Å². The summed E-state index contributed by atoms with van der Waals surface area (Å²) in [4.78, 5) is 4.16. The first-order valence-electron chi connectivity index (χ1n) is 7.25. The molecular weight excluding hydrogens is 281 g/mol. The zero-order valence-electron chi connectivity index (χ0n) is 13.5. The molecule has 2 N–H and O–H groups in total. The van der Waals surface area contributed by atoms with Gasteiger partial charge in [-0.15, -0.1) is 0 Å². The number of aliphatic imine (C=N–C) groups is 1. The van der Waals surface area contributed by atoms with Crippen LogP contribution < -0.4 is 10.6 Å². The molecule has 0 radical (unpaired) electrons. The fraction of sp³-hybridized carbons (Fsp3) is 0.353. The molecule has 0 saturated carbocycles. The van der Waals surface area contributed by atoms with Crippen LogP contribution in [0.15, 0.2) is 33.7 Å². The van der Waals surface area contributed by atoms with Gasteiger partial charge in [0.15, 0.2) is 5.96 Å². The van der Waals surface area contributed by atoms with E-state index in [0.717, 1.165) is 22.6 Å². The molecule has 0 saturated heterocycles. The number of benzene rings is 1. The van der Waals surface area contributed by atoms with Crippen molar-refractivity contribution in [1.82, 2.24) is 10.6 Å². The molecule has 0 aliphatic heterocycles. The largest absolute Gasteiger partial charge is 0.466 e. The van der Waals surface area contributed by atoms with Crippen molar-refractivity contribution in [1.29, 1.82) is 0 Å². The molecule has 0 fully saturated rings. The van der Waals surface area contributed by atoms with Crippen LogP contribution in [0.2, 0.25) is 0 Å². The van der Waals surface area contributed by atoms with Gasteiger partial charge < -0.3 is 15.1 Å². The third-order valence-corrected chi connectivity index (χ3v) is 3.51. The number of nitrogens with one attached hydrogen (secondary N) is 2. The Kier molecular flexibility index (Phi) is 5.20. The highest BCUT2D eigenvalue weighted by molar-refractivity contribution is 5.79. The number of furan rings is 1. The van der Waals surface area contributed by atoms with Gasteiger partial charge in [0.1, 0.15) is 17.3 Å². The quantitative estimate of drug-likeness (QED) is 0.673. The van der Waals surface area contributed by atoms with Crippen molar-refractivity contribution in [3.8, 4) is 0 Å². The van der Waals surface area contributed by atoms with Crippen molar-refractivity contribution in [3.05, 3.63) is 58.3 Å². The summed E-state index contributed by atoms with van der Waals surface area (Å²) >= 11 is 0. The van der Waals surface area contributed by atoms with Crippen molar-refractivity contribution in [2.75, 3.05) is 7.05 Å². The highest BCUT2D eigenvalue weighted by atomic mass is 19.1. The van der Waals surface area contributed by atoms with Gasteiger partial charge in [-0.25, -0.2) is 4.39 Å². The fourth-order valence-corrected chi connectivity index (χ4v) is 2.19. The average Bonchev–Trinajstić information content (AvgIpc) is 2.81. The van der Waals surface area contributed by atoms with Crippen molar-refractivity contribution in [2.45, 2.75) is 33.9 Å². The second kappa shape index (κ2) is 7.11. The van der Waals surface area contributed by atoms with Crippen LogP contribution in [0.25, 0.3) is 0 Å². The van der Waals surface area contributed by atoms with Gasteiger partial charge in [0.25, 0.3) is 0 Å². The van der Waals surface area contributed by atoms with Gasteiger partial charge in [0.2, 0.25) is 0 Å². The molecule has 0 spiro atoms. The van der Waals surface area contributed by atoms with Gasteiger partial charge >= 0.3 is 0 Å². The monoisotopic (exact) mass is 303 g/mol. The van der Waals surface area contributed by atoms with Gasteiger partial charge in [-0.2, -0.15) is 0 Å². The van der Waals surface area contributed by atoms with Crippen molar-refractivity contribution < 1.29 is 8.81 Å². The molecule has 1 aromatic heterocycles. The lowest BCUT2D eigenvalue weighted by Gasteiger charge is -2.12. The lowest BCUT2D eigenvalue weighted by molar-refractivity contribution is 0.500. The molecule has 0 aliphatic carbocycles. The van der Waals surface area contributed by atoms with Crippen LogP contribution in [-0.2, 0) is 13.1 Å². The minimum atomic E-state index is -0.188. The molecule has 0 bridgehead atoms. The number of halogens is 1. The third-order valence-electron chi connectivity index (χ3n) is 3.51. The molecule has 2 rings (SSSR count). The molecule has 5 heteroatoms. The van der Waals surface area contributed by atoms with Crippen LogP contribution in [0, 0.1) is 26.6 Å². The van der Waals surface area contributed by atoms with Crippen LogP contribution >= 0.6 is 0 Å². The first kappa shape index (κ1) is 16.1. The van der Waals surface area contributed by atoms with Gasteiger partial charge in [-0.05, 0) is 44.0 Å². The van der Waals surface area contributed by atoms with Gasteiger partial charge in [0, 0.05) is 25.7 Å². The molecule has 0 aliphatic rings. The Morgan fingerprint density at radius 2 is 1.86 bits per heavy atom. The standard InChI is InChI=1S/C17H22FN3O/c1-11-5-6-14(8-16(11)18)9-20-17(19-4)21-10-15-7-12(2)22-13(15)3/h5-8H,9-10H2,1-4H3,(H2,19,20,21). The van der Waals surface area contributed by atoms with E-state index in [1.54, 1.807) is 26.1 Å². The summed E-state index contributed by atoms with van der Waals surface area (Å²) in [5.74, 6) is 2.28. The minimum Gasteiger partial charge on any atom is -0.466 e. The second-order valence-electron chi connectivity index (χ2n) is 5.30. The Hall–Kier alpha value is -2.30. The Labute approximate surface area is 130 Å². The summed E-state index contributed by atoms with van der Waals surface area (Å²) in [6.07, 6.45) is 0. The summed E-state index contributed by atoms with van der Waals surface area (Å²) in [6.45, 7) is 6.76. The second-order valence-corrected chi connectivity index (χ2v) is 5.30. The van der Waals surface area contributed by atoms with Crippen molar-refractivity contribution >= 4 is 5.96 Å². The highest BCUT2D eigenvalue weighted by Crippen LogP contribution is 2.13. The number of nitrogens with zero attached hydrogens (tertiary/aromatic N) is 1. The van der Waals surface area contributed by atoms with Crippen molar-refractivity contribution in [3.63, 3.8) is 0 Å². The Balaban J connectivity index is 1.90. The van der Waals surface area contributed by atoms with E-state index >= 15 is 0 Å². The van der Waals surface area contributed by atoms with E-state index in [1.807, 2.05) is 26.0 Å². The summed E-state index contributed by atoms with van der Waals surface area (Å²) in [5.41, 5.74) is 2.63. The van der Waals surface area contributed by atoms with Crippen LogP contribution in [0.5, 0.6) is 0 Å². The predicted molar refractivity (Wildman–Crippen MR) is 86.4 cm³/mol. The maximum atomic E-state index is 13.5. The SMILES string of the molecule is CN=C(NCc1ccc(C)c(F)c1)NCc1cc(C)oc1C. The summed E-state index contributed by atoms with van der Waals surface area (Å²) < 4.78 is 19.0. The number of hydrogen-bond acceptors (Lipinski definition) is 2. The van der Waals surface area contributed by atoms with Crippen LogP contribution in [-0.4, -0.2) is 13.0 Å². The van der Waals surface area contributed by atoms with Gasteiger partial charge in [-0.1, -0.05) is 12.1 Å². The maximum Gasteiger partial charge on any atom is 0.191 e. The lowest BCUT2D eigenvalue weighted by Crippen LogP contribution is -2.36. The number of aryl methyl sites for hydroxylation is 3. The number of rotatable bonds is 4. The molecular formula is C17H22FN3O. The molecule has 0 unspecified atom stereocenters. The first-order valence-corrected chi connectivity index (χ1v) is 7.25. The predicted octanol–water partition coefficient (Wildman–Crippen LogP) is 3.21. The summed E-state index contributed by atoms with van der Waals surface area (Å²) in [7, 11) is 1.71. The molecule has 118 valence electrons. The topological polar surface area (TPSA) is 49.6 Å². The van der Waals surface area contributed by atoms with Crippen LogP contribution in [0.4, 0.5) is 4.39 Å². The molecule has 0 atom stereocenters. The van der Waals surface area contributed by atoms with Gasteiger partial charge in [0.05, 0.1) is 0 Å². The molecule has 4 nitrogen and oxygen atoms in total. The van der Waals surface area contributed by atoms with E-state index in [1.165, 1.54) is 0 Å². The van der Waals surface area contributed by atoms with E-state index in [9.17, 15) is 4.39 Å². The lowest BCUT2D eigenvalue weighted by atomic mass is 10.1. The van der Waals surface area contributed by atoms with E-state index in [0.29, 0.717) is 24.6 Å². The van der Waals surface area contributed by atoms with Crippen LogP contribution in [0.1, 0.15) is 28.2 Å². The molecule has 2 aromatic rings. The van der Waals surface area contributed by atoms with E-state index < -0.39 is 0 Å². The zero-order valence-corrected chi connectivity index (χ0v) is 13.5. The maximum absolute atomic E-state index is 13.5. The molecule has 1 heterocycles. The number of hydrogen-bond donors (Lipinski definition) is 2.